The smallest absolute Gasteiger partial charge is 0.345 e. The van der Waals surface area contributed by atoms with Gasteiger partial charge in [0.1, 0.15) is 11.4 Å². The number of aromatic nitrogens is 2. The first-order valence-corrected chi connectivity index (χ1v) is 9.77. The van der Waals surface area contributed by atoms with Crippen molar-refractivity contribution >= 4 is 33.9 Å². The van der Waals surface area contributed by atoms with Gasteiger partial charge in [-0.05, 0) is 31.2 Å². The number of pyridine rings is 1. The lowest BCUT2D eigenvalue weighted by Crippen LogP contribution is -2.49. The van der Waals surface area contributed by atoms with Crippen LogP contribution >= 0.6 is 11.6 Å². The van der Waals surface area contributed by atoms with Gasteiger partial charge >= 0.3 is 5.63 Å². The lowest BCUT2D eigenvalue weighted by Gasteiger charge is -2.33. The number of nitrogens with one attached hydrogen (secondary N) is 1. The van der Waals surface area contributed by atoms with Crippen LogP contribution in [0.4, 0.5) is 10.1 Å². The lowest BCUT2D eigenvalue weighted by atomic mass is 10.1. The van der Waals surface area contributed by atoms with Crippen molar-refractivity contribution in [3.8, 4) is 11.3 Å². The van der Waals surface area contributed by atoms with Crippen LogP contribution in [0.2, 0.25) is 5.02 Å². The van der Waals surface area contributed by atoms with E-state index in [0.29, 0.717) is 28.1 Å². The summed E-state index contributed by atoms with van der Waals surface area (Å²) in [7, 11) is 0. The van der Waals surface area contributed by atoms with Gasteiger partial charge in [0.25, 0.3) is 0 Å². The summed E-state index contributed by atoms with van der Waals surface area (Å²) >= 11 is 6.17. The lowest BCUT2D eigenvalue weighted by molar-refractivity contribution is 0.483. The second-order valence-electron chi connectivity index (χ2n) is 7.30. The van der Waals surface area contributed by atoms with Gasteiger partial charge < -0.3 is 19.0 Å². The highest BCUT2D eigenvalue weighted by Gasteiger charge is 2.20. The zero-order chi connectivity index (χ0) is 20.1. The molecule has 0 saturated carbocycles. The molecule has 1 saturated heterocycles. The second-order valence-corrected chi connectivity index (χ2v) is 7.71. The Kier molecular flexibility index (Phi) is 4.29. The van der Waals surface area contributed by atoms with Crippen molar-refractivity contribution in [1.29, 1.82) is 0 Å². The molecule has 5 rings (SSSR count). The van der Waals surface area contributed by atoms with Crippen LogP contribution in [-0.4, -0.2) is 35.1 Å². The zero-order valence-electron chi connectivity index (χ0n) is 15.7. The molecule has 8 heteroatoms. The maximum atomic E-state index is 14.9. The number of rotatable bonds is 2. The maximum Gasteiger partial charge on any atom is 0.345 e. The number of hydrogen-bond donors (Lipinski definition) is 1. The molecule has 0 aliphatic carbocycles. The second kappa shape index (κ2) is 6.86. The summed E-state index contributed by atoms with van der Waals surface area (Å²) < 4.78 is 22.2. The SMILES string of the molecule is C[C@H]1CN(c2cc(F)c3cc(-c4cn5cccc(Cl)c5n4)c(=O)oc3c2)CCN1. The Balaban J connectivity index is 1.62. The van der Waals surface area contributed by atoms with E-state index < -0.39 is 11.4 Å². The molecule has 29 heavy (non-hydrogen) atoms. The van der Waals surface area contributed by atoms with Crippen LogP contribution in [0.1, 0.15) is 6.92 Å². The highest BCUT2D eigenvalue weighted by atomic mass is 35.5. The fourth-order valence-corrected chi connectivity index (χ4v) is 4.01. The number of halogens is 2. The number of anilines is 1. The molecular formula is C21H18ClFN4O2. The number of imidazole rings is 1. The Morgan fingerprint density at radius 2 is 2.21 bits per heavy atom. The molecule has 0 amide bonds. The first-order valence-electron chi connectivity index (χ1n) is 9.39. The highest BCUT2D eigenvalue weighted by Crippen LogP contribution is 2.29. The quantitative estimate of drug-likeness (QED) is 0.509. The van der Waals surface area contributed by atoms with Gasteiger partial charge in [0.2, 0.25) is 0 Å². The van der Waals surface area contributed by atoms with Crippen molar-refractivity contribution in [3.63, 3.8) is 0 Å². The van der Waals surface area contributed by atoms with E-state index in [1.807, 2.05) is 0 Å². The van der Waals surface area contributed by atoms with E-state index in [0.717, 1.165) is 19.6 Å². The van der Waals surface area contributed by atoms with Gasteiger partial charge in [0.15, 0.2) is 5.65 Å². The molecule has 0 unspecified atom stereocenters. The number of benzene rings is 1. The molecule has 148 valence electrons. The summed E-state index contributed by atoms with van der Waals surface area (Å²) in [6.07, 6.45) is 3.45. The third kappa shape index (κ3) is 3.16. The molecule has 1 aliphatic rings. The first-order chi connectivity index (χ1) is 14.0. The van der Waals surface area contributed by atoms with E-state index in [1.54, 1.807) is 35.0 Å². The minimum absolute atomic E-state index is 0.194. The van der Waals surface area contributed by atoms with E-state index in [2.05, 4.69) is 22.1 Å². The van der Waals surface area contributed by atoms with E-state index in [9.17, 15) is 9.18 Å². The molecule has 1 atom stereocenters. The molecule has 1 aliphatic heterocycles. The minimum atomic E-state index is -0.567. The van der Waals surface area contributed by atoms with Crippen molar-refractivity contribution in [3.05, 3.63) is 64.0 Å². The predicted molar refractivity (Wildman–Crippen MR) is 111 cm³/mol. The number of fused-ring (bicyclic) bond motifs is 2. The van der Waals surface area contributed by atoms with Crippen molar-refractivity contribution in [2.45, 2.75) is 13.0 Å². The number of nitrogens with zero attached hydrogens (tertiary/aromatic N) is 3. The van der Waals surface area contributed by atoms with Crippen LogP contribution in [-0.2, 0) is 0 Å². The van der Waals surface area contributed by atoms with Gasteiger partial charge in [-0.25, -0.2) is 14.2 Å². The van der Waals surface area contributed by atoms with Crippen LogP contribution in [0, 0.1) is 5.82 Å². The van der Waals surface area contributed by atoms with E-state index in [1.165, 1.54) is 12.1 Å². The largest absolute Gasteiger partial charge is 0.422 e. The Bertz CT molecular complexity index is 1300. The summed E-state index contributed by atoms with van der Waals surface area (Å²) in [5, 5.41) is 4.06. The Labute approximate surface area is 170 Å². The van der Waals surface area contributed by atoms with Crippen LogP contribution in [0.5, 0.6) is 0 Å². The van der Waals surface area contributed by atoms with Crippen LogP contribution < -0.4 is 15.8 Å². The third-order valence-electron chi connectivity index (χ3n) is 5.23. The van der Waals surface area contributed by atoms with Crippen LogP contribution in [0.25, 0.3) is 27.9 Å². The van der Waals surface area contributed by atoms with Crippen LogP contribution in [0.3, 0.4) is 0 Å². The van der Waals surface area contributed by atoms with Gasteiger partial charge in [0.05, 0.1) is 21.7 Å². The molecule has 3 aromatic heterocycles. The number of hydrogen-bond acceptors (Lipinski definition) is 5. The summed E-state index contributed by atoms with van der Waals surface area (Å²) in [4.78, 5) is 19.1. The highest BCUT2D eigenvalue weighted by molar-refractivity contribution is 6.33. The summed E-state index contributed by atoms with van der Waals surface area (Å²) in [5.41, 5.74) is 1.46. The molecule has 1 fully saturated rings. The summed E-state index contributed by atoms with van der Waals surface area (Å²) in [5.74, 6) is -0.435. The molecule has 1 aromatic carbocycles. The van der Waals surface area contributed by atoms with Crippen LogP contribution in [0.15, 0.2) is 51.9 Å². The monoisotopic (exact) mass is 412 g/mol. The van der Waals surface area contributed by atoms with E-state index in [4.69, 9.17) is 16.0 Å². The topological polar surface area (TPSA) is 62.8 Å². The van der Waals surface area contributed by atoms with Gasteiger partial charge in [-0.1, -0.05) is 11.6 Å². The fraction of sp³-hybridized carbons (Fsp3) is 0.238. The van der Waals surface area contributed by atoms with Gasteiger partial charge in [0, 0.05) is 49.8 Å². The molecule has 0 bridgehead atoms. The van der Waals surface area contributed by atoms with Gasteiger partial charge in [-0.3, -0.25) is 0 Å². The average Bonchev–Trinajstić information content (AvgIpc) is 3.13. The molecule has 6 nitrogen and oxygen atoms in total. The van der Waals surface area contributed by atoms with E-state index in [-0.39, 0.29) is 16.5 Å². The van der Waals surface area contributed by atoms with Gasteiger partial charge in [-0.15, -0.1) is 0 Å². The Morgan fingerprint density at radius 3 is 3.00 bits per heavy atom. The van der Waals surface area contributed by atoms with Crippen molar-refractivity contribution in [2.75, 3.05) is 24.5 Å². The summed E-state index contributed by atoms with van der Waals surface area (Å²) in [6, 6.07) is 8.51. The molecule has 0 radical (unpaired) electrons. The van der Waals surface area contributed by atoms with Crippen molar-refractivity contribution in [1.82, 2.24) is 14.7 Å². The van der Waals surface area contributed by atoms with E-state index >= 15 is 0 Å². The molecule has 4 heterocycles. The first kappa shape index (κ1) is 18.1. The number of piperazine rings is 1. The Hall–Kier alpha value is -2.90. The zero-order valence-corrected chi connectivity index (χ0v) is 16.4. The summed E-state index contributed by atoms with van der Waals surface area (Å²) in [6.45, 7) is 4.42. The predicted octanol–water partition coefficient (Wildman–Crippen LogP) is 3.70. The fourth-order valence-electron chi connectivity index (χ4n) is 3.80. The minimum Gasteiger partial charge on any atom is -0.422 e. The maximum absolute atomic E-state index is 14.9. The molecular weight excluding hydrogens is 395 g/mol. The molecule has 4 aromatic rings. The normalized spacial score (nSPS) is 17.3. The Morgan fingerprint density at radius 1 is 1.34 bits per heavy atom. The molecule has 0 spiro atoms. The standard InChI is InChI=1S/C21H18ClFN4O2/c1-12-10-26(6-4-24-12)13-7-17(23)14-9-15(21(28)29-19(14)8-13)18-11-27-5-2-3-16(22)20(27)25-18/h2-3,5,7-9,11-12,24H,4,6,10H2,1H3/t12-/m0/s1. The molecule has 1 N–H and O–H groups in total. The van der Waals surface area contributed by atoms with Gasteiger partial charge in [-0.2, -0.15) is 0 Å². The van der Waals surface area contributed by atoms with Crippen molar-refractivity contribution in [2.24, 2.45) is 0 Å². The van der Waals surface area contributed by atoms with Crippen molar-refractivity contribution < 1.29 is 8.81 Å². The third-order valence-corrected chi connectivity index (χ3v) is 5.53. The average molecular weight is 413 g/mol.